The lowest BCUT2D eigenvalue weighted by atomic mass is 9.12. The molecule has 6 rings (SSSR count). The Morgan fingerprint density at radius 1 is 0.317 bits per heavy atom. The highest BCUT2D eigenvalue weighted by Crippen LogP contribution is 2.30. The normalized spacial score (nSPS) is 11.6. The summed E-state index contributed by atoms with van der Waals surface area (Å²) in [5, 5.41) is 0. The Balaban J connectivity index is 0.000000379. The highest BCUT2D eigenvalue weighted by molar-refractivity contribution is 7.20. The van der Waals surface area contributed by atoms with Crippen molar-refractivity contribution in [1.82, 2.24) is 0 Å². The third-order valence-electron chi connectivity index (χ3n) is 9.28. The van der Waals surface area contributed by atoms with Crippen molar-refractivity contribution in [3.8, 4) is 0 Å². The summed E-state index contributed by atoms with van der Waals surface area (Å²) < 4.78 is 296. The molecule has 0 aliphatic carbocycles. The van der Waals surface area contributed by atoms with Crippen molar-refractivity contribution >= 4 is 28.0 Å². The molecule has 0 unspecified atom stereocenters. The second-order valence-corrected chi connectivity index (χ2v) is 12.5. The fourth-order valence-electron chi connectivity index (χ4n) is 6.50. The van der Waals surface area contributed by atoms with E-state index in [9.17, 15) is 52.7 Å². The Hall–Kier alpha value is -6.09. The molecule has 0 atom stereocenters. The van der Waals surface area contributed by atoms with Crippen molar-refractivity contribution in [1.29, 1.82) is 0 Å². The Morgan fingerprint density at radius 2 is 0.550 bits per heavy atom. The fourth-order valence-corrected chi connectivity index (χ4v) is 6.50. The number of aromatic nitrogens is 1. The summed E-state index contributed by atoms with van der Waals surface area (Å²) in [7, 11) is 0. The van der Waals surface area contributed by atoms with Gasteiger partial charge in [-0.1, -0.05) is 37.3 Å². The molecule has 0 N–H and O–H groups in total. The number of nitrogens with zero attached hydrogens (tertiary/aromatic N) is 1. The van der Waals surface area contributed by atoms with Gasteiger partial charge in [-0.2, -0.15) is 0 Å². The summed E-state index contributed by atoms with van der Waals surface area (Å²) in [5.41, 5.74) is -11.6. The van der Waals surface area contributed by atoms with E-state index in [-0.39, 0.29) is 0 Å². The predicted molar refractivity (Wildman–Crippen MR) is 171 cm³/mol. The van der Waals surface area contributed by atoms with Gasteiger partial charge >= 0.3 is 0 Å². The van der Waals surface area contributed by atoms with Crippen molar-refractivity contribution in [2.45, 2.75) is 19.9 Å². The number of halogens is 20. The van der Waals surface area contributed by atoms with Gasteiger partial charge in [0.2, 0.25) is 0 Å². The summed E-state index contributed by atoms with van der Waals surface area (Å²) in [5.74, 6) is -71.4. The summed E-state index contributed by atoms with van der Waals surface area (Å²) >= 11 is 0. The van der Waals surface area contributed by atoms with Gasteiger partial charge in [0.05, 0.1) is 0 Å². The van der Waals surface area contributed by atoms with E-state index in [4.69, 9.17) is 0 Å². The third kappa shape index (κ3) is 7.08. The SMILES string of the molecule is CCc1cc[n+](Cc2ccccc2)cc1.Fc1c(F)c(F)c([B-](c2c(F)c(F)c(F)c(F)c2F)(c2c(F)c(F)c(F)c(F)c2F)c2c(F)c(F)c(F)c(F)c2F)c(F)c1F. The van der Waals surface area contributed by atoms with E-state index >= 15 is 35.1 Å². The first-order valence-corrected chi connectivity index (χ1v) is 16.3. The predicted octanol–water partition coefficient (Wildman–Crippen LogP) is 8.43. The molecule has 316 valence electrons. The lowest BCUT2D eigenvalue weighted by Gasteiger charge is -2.44. The van der Waals surface area contributed by atoms with E-state index in [1.807, 2.05) is 6.07 Å². The minimum atomic E-state index is -7.22. The van der Waals surface area contributed by atoms with Gasteiger partial charge in [-0.3, -0.25) is 0 Å². The number of pyridine rings is 1. The Labute approximate surface area is 322 Å². The molecule has 1 nitrogen and oxygen atoms in total. The van der Waals surface area contributed by atoms with Crippen LogP contribution in [-0.4, -0.2) is 6.15 Å². The fraction of sp³-hybridized carbons (Fsp3) is 0.0789. The van der Waals surface area contributed by atoms with E-state index in [0.29, 0.717) is 0 Å². The van der Waals surface area contributed by atoms with Gasteiger partial charge in [-0.05, 0) is 12.0 Å². The minimum Gasteiger partial charge on any atom is -0.207 e. The Morgan fingerprint density at radius 3 is 0.783 bits per heavy atom. The number of hydrogen-bond donors (Lipinski definition) is 0. The summed E-state index contributed by atoms with van der Waals surface area (Å²) in [4.78, 5) is 0. The number of rotatable bonds is 7. The third-order valence-corrected chi connectivity index (χ3v) is 9.28. The molecule has 0 radical (unpaired) electrons. The van der Waals surface area contributed by atoms with Crippen LogP contribution >= 0.6 is 0 Å². The minimum absolute atomic E-state index is 0.949. The Bertz CT molecular complexity index is 2270. The van der Waals surface area contributed by atoms with E-state index in [1.165, 1.54) is 11.1 Å². The van der Waals surface area contributed by atoms with Crippen LogP contribution in [0.15, 0.2) is 54.9 Å². The van der Waals surface area contributed by atoms with E-state index < -0.39 is 144 Å². The molecule has 60 heavy (non-hydrogen) atoms. The van der Waals surface area contributed by atoms with Gasteiger partial charge in [0.25, 0.3) is 0 Å². The van der Waals surface area contributed by atoms with Crippen LogP contribution in [0.2, 0.25) is 0 Å². The maximum Gasteiger partial charge on any atom is 0.200 e. The van der Waals surface area contributed by atoms with Crippen molar-refractivity contribution < 1.29 is 92.4 Å². The van der Waals surface area contributed by atoms with Crippen molar-refractivity contribution in [3.05, 3.63) is 182 Å². The molecule has 0 spiro atoms. The number of aryl methyl sites for hydroxylation is 1. The van der Waals surface area contributed by atoms with Crippen molar-refractivity contribution in [3.63, 3.8) is 0 Å². The van der Waals surface area contributed by atoms with Crippen molar-refractivity contribution in [2.75, 3.05) is 0 Å². The zero-order valence-corrected chi connectivity index (χ0v) is 29.2. The molecule has 0 fully saturated rings. The van der Waals surface area contributed by atoms with Crippen LogP contribution in [0.25, 0.3) is 0 Å². The van der Waals surface area contributed by atoms with Crippen LogP contribution in [0, 0.1) is 116 Å². The number of benzene rings is 5. The highest BCUT2D eigenvalue weighted by atomic mass is 19.2. The van der Waals surface area contributed by atoms with Crippen LogP contribution < -0.4 is 26.4 Å². The first kappa shape index (κ1) is 45.0. The maximum absolute atomic E-state index is 15.4. The van der Waals surface area contributed by atoms with E-state index in [1.54, 1.807) is 0 Å². The zero-order chi connectivity index (χ0) is 44.9. The van der Waals surface area contributed by atoms with Gasteiger partial charge in [0.15, 0.2) is 88.7 Å². The largest absolute Gasteiger partial charge is 0.207 e. The topological polar surface area (TPSA) is 3.88 Å². The first-order valence-electron chi connectivity index (χ1n) is 16.3. The molecule has 1 heterocycles. The molecule has 1 aromatic heterocycles. The maximum atomic E-state index is 15.4. The summed E-state index contributed by atoms with van der Waals surface area (Å²) in [6, 6.07) is 14.9. The van der Waals surface area contributed by atoms with Crippen LogP contribution in [0.3, 0.4) is 0 Å². The molecular weight excluding hydrogens is 861 g/mol. The molecule has 0 amide bonds. The Kier molecular flexibility index (Phi) is 12.7. The average molecular weight is 877 g/mol. The summed E-state index contributed by atoms with van der Waals surface area (Å²) in [6.45, 7) is 3.13. The van der Waals surface area contributed by atoms with E-state index in [0.717, 1.165) is 13.0 Å². The number of hydrogen-bond acceptors (Lipinski definition) is 0. The molecule has 22 heteroatoms. The summed E-state index contributed by atoms with van der Waals surface area (Å²) in [6.07, 6.45) is -1.82. The van der Waals surface area contributed by atoms with Crippen LogP contribution in [-0.2, 0) is 13.0 Å². The molecule has 0 aliphatic heterocycles. The van der Waals surface area contributed by atoms with E-state index in [2.05, 4.69) is 60.3 Å². The van der Waals surface area contributed by atoms with Crippen molar-refractivity contribution in [2.24, 2.45) is 0 Å². The smallest absolute Gasteiger partial charge is 0.200 e. The lowest BCUT2D eigenvalue weighted by molar-refractivity contribution is -0.688. The highest BCUT2D eigenvalue weighted by Gasteiger charge is 2.52. The molecule has 0 aliphatic rings. The van der Waals surface area contributed by atoms with Crippen LogP contribution in [0.5, 0.6) is 0 Å². The molecule has 5 aromatic carbocycles. The molecule has 0 saturated heterocycles. The first-order chi connectivity index (χ1) is 28.1. The van der Waals surface area contributed by atoms with Gasteiger partial charge in [-0.15, -0.1) is 21.9 Å². The van der Waals surface area contributed by atoms with Crippen LogP contribution in [0.4, 0.5) is 87.8 Å². The average Bonchev–Trinajstić information content (AvgIpc) is 3.24. The zero-order valence-electron chi connectivity index (χ0n) is 29.2. The second-order valence-electron chi connectivity index (χ2n) is 12.5. The van der Waals surface area contributed by atoms with Gasteiger partial charge in [0.1, 0.15) is 52.7 Å². The second kappa shape index (κ2) is 16.9. The molecule has 0 saturated carbocycles. The molecule has 0 bridgehead atoms. The quantitative estimate of drug-likeness (QED) is 0.0499. The lowest BCUT2D eigenvalue weighted by Crippen LogP contribution is -2.81. The molecular formula is C38H16BF20N. The standard InChI is InChI=1S/C24BF20.C14H16N/c26-5-1(6(27)14(35)21(42)13(5)34)25(2-7(28)15(36)22(43)16(37)8(2)29,3-9(30)17(38)23(44)18(39)10(3)31)4-11(32)19(40)24(45)20(41)12(4)33;1-2-13-8-10-15(11-9-13)12-14-6-4-3-5-7-14/h;3-11H,2,12H2,1H3/q-1;+1. The monoisotopic (exact) mass is 877 g/mol. The van der Waals surface area contributed by atoms with Gasteiger partial charge < -0.3 is 0 Å². The van der Waals surface area contributed by atoms with Crippen LogP contribution in [0.1, 0.15) is 18.1 Å². The molecule has 6 aromatic rings. The van der Waals surface area contributed by atoms with Gasteiger partial charge in [-0.25, -0.2) is 92.4 Å². The van der Waals surface area contributed by atoms with Gasteiger partial charge in [0, 0.05) is 17.7 Å².